The number of nitrogens with one attached hydrogen (secondary N) is 1. The lowest BCUT2D eigenvalue weighted by molar-refractivity contribution is 0.342. The maximum atomic E-state index is 8.56. The highest BCUT2D eigenvalue weighted by Crippen LogP contribution is 2.23. The van der Waals surface area contributed by atoms with Gasteiger partial charge in [-0.25, -0.2) is 0 Å². The summed E-state index contributed by atoms with van der Waals surface area (Å²) in [5, 5.41) is 20.0. The van der Waals surface area contributed by atoms with Crippen molar-refractivity contribution in [1.29, 1.82) is 10.5 Å². The SMILES string of the molecule is CCOc1ccccc1NC=C(C#N)C#N. The van der Waals surface area contributed by atoms with Gasteiger partial charge < -0.3 is 10.1 Å². The summed E-state index contributed by atoms with van der Waals surface area (Å²) >= 11 is 0. The summed E-state index contributed by atoms with van der Waals surface area (Å²) in [5.74, 6) is 0.691. The first-order valence-corrected chi connectivity index (χ1v) is 4.80. The van der Waals surface area contributed by atoms with Crippen LogP contribution in [-0.4, -0.2) is 6.61 Å². The molecule has 0 unspecified atom stereocenters. The van der Waals surface area contributed by atoms with E-state index in [0.717, 1.165) is 5.69 Å². The van der Waals surface area contributed by atoms with E-state index < -0.39 is 0 Å². The molecule has 1 aromatic rings. The van der Waals surface area contributed by atoms with Crippen molar-refractivity contribution in [3.63, 3.8) is 0 Å². The van der Waals surface area contributed by atoms with Crippen LogP contribution in [0.3, 0.4) is 0 Å². The van der Waals surface area contributed by atoms with Crippen LogP contribution in [0.4, 0.5) is 5.69 Å². The molecule has 0 aliphatic heterocycles. The monoisotopic (exact) mass is 213 g/mol. The van der Waals surface area contributed by atoms with Crippen molar-refractivity contribution in [1.82, 2.24) is 0 Å². The number of rotatable bonds is 4. The Kier molecular flexibility index (Phi) is 4.43. The number of nitrogens with zero attached hydrogens (tertiary/aromatic N) is 2. The first kappa shape index (κ1) is 11.6. The quantitative estimate of drug-likeness (QED) is 0.780. The summed E-state index contributed by atoms with van der Waals surface area (Å²) in [7, 11) is 0. The van der Waals surface area contributed by atoms with Crippen LogP contribution in [0.2, 0.25) is 0 Å². The predicted octanol–water partition coefficient (Wildman–Crippen LogP) is 2.43. The van der Waals surface area contributed by atoms with E-state index >= 15 is 0 Å². The number of ether oxygens (including phenoxy) is 1. The molecule has 0 aliphatic carbocycles. The minimum absolute atomic E-state index is 0.0197. The van der Waals surface area contributed by atoms with Gasteiger partial charge >= 0.3 is 0 Å². The summed E-state index contributed by atoms with van der Waals surface area (Å²) < 4.78 is 5.38. The highest BCUT2D eigenvalue weighted by atomic mass is 16.5. The van der Waals surface area contributed by atoms with Crippen molar-refractivity contribution >= 4 is 5.69 Å². The van der Waals surface area contributed by atoms with Gasteiger partial charge in [-0.15, -0.1) is 0 Å². The fourth-order valence-corrected chi connectivity index (χ4v) is 1.11. The molecule has 80 valence electrons. The largest absolute Gasteiger partial charge is 0.492 e. The zero-order valence-electron chi connectivity index (χ0n) is 8.90. The summed E-state index contributed by atoms with van der Waals surface area (Å²) in [5.41, 5.74) is 0.749. The van der Waals surface area contributed by atoms with Crippen LogP contribution in [-0.2, 0) is 0 Å². The molecule has 0 fully saturated rings. The van der Waals surface area contributed by atoms with E-state index in [4.69, 9.17) is 15.3 Å². The fourth-order valence-electron chi connectivity index (χ4n) is 1.11. The van der Waals surface area contributed by atoms with Crippen molar-refractivity contribution < 1.29 is 4.74 Å². The molecule has 0 saturated heterocycles. The lowest BCUT2D eigenvalue weighted by Gasteiger charge is -2.08. The van der Waals surface area contributed by atoms with Gasteiger partial charge in [0, 0.05) is 6.20 Å². The fraction of sp³-hybridized carbons (Fsp3) is 0.167. The molecular weight excluding hydrogens is 202 g/mol. The topological polar surface area (TPSA) is 68.8 Å². The molecule has 0 bridgehead atoms. The molecule has 4 nitrogen and oxygen atoms in total. The Bertz CT molecular complexity index is 450. The van der Waals surface area contributed by atoms with E-state index in [1.165, 1.54) is 6.20 Å². The number of nitriles is 2. The normalized spacial score (nSPS) is 8.44. The molecule has 1 rings (SSSR count). The molecule has 0 aromatic heterocycles. The third-order valence-electron chi connectivity index (χ3n) is 1.80. The average Bonchev–Trinajstić information content (AvgIpc) is 2.33. The van der Waals surface area contributed by atoms with Gasteiger partial charge in [0.1, 0.15) is 23.5 Å². The summed E-state index contributed by atoms with van der Waals surface area (Å²) in [6, 6.07) is 10.9. The van der Waals surface area contributed by atoms with Crippen LogP contribution in [0, 0.1) is 22.7 Å². The first-order valence-electron chi connectivity index (χ1n) is 4.80. The van der Waals surface area contributed by atoms with Gasteiger partial charge in [-0.1, -0.05) is 12.1 Å². The molecule has 0 aliphatic rings. The first-order chi connectivity index (χ1) is 7.81. The molecular formula is C12H11N3O. The van der Waals surface area contributed by atoms with Crippen molar-refractivity contribution in [3.8, 4) is 17.9 Å². The molecule has 1 N–H and O–H groups in total. The Morgan fingerprint density at radius 2 is 2.06 bits per heavy atom. The molecule has 16 heavy (non-hydrogen) atoms. The predicted molar refractivity (Wildman–Crippen MR) is 60.5 cm³/mol. The van der Waals surface area contributed by atoms with Crippen molar-refractivity contribution in [2.45, 2.75) is 6.92 Å². The molecule has 4 heteroatoms. The minimum Gasteiger partial charge on any atom is -0.492 e. The second kappa shape index (κ2) is 6.10. The van der Waals surface area contributed by atoms with Crippen molar-refractivity contribution in [3.05, 3.63) is 36.0 Å². The van der Waals surface area contributed by atoms with Gasteiger partial charge in [0.2, 0.25) is 0 Å². The van der Waals surface area contributed by atoms with E-state index in [0.29, 0.717) is 12.4 Å². The molecule has 0 radical (unpaired) electrons. The Morgan fingerprint density at radius 3 is 2.69 bits per heavy atom. The number of hydrogen-bond acceptors (Lipinski definition) is 4. The molecule has 0 atom stereocenters. The number of benzene rings is 1. The van der Waals surface area contributed by atoms with E-state index in [2.05, 4.69) is 5.32 Å². The maximum absolute atomic E-state index is 8.56. The maximum Gasteiger partial charge on any atom is 0.145 e. The van der Waals surface area contributed by atoms with Crippen molar-refractivity contribution in [2.24, 2.45) is 0 Å². The zero-order chi connectivity index (χ0) is 11.8. The van der Waals surface area contributed by atoms with Crippen LogP contribution >= 0.6 is 0 Å². The summed E-state index contributed by atoms with van der Waals surface area (Å²) in [6.45, 7) is 2.45. The Balaban J connectivity index is 2.86. The number of hydrogen-bond donors (Lipinski definition) is 1. The molecule has 0 heterocycles. The zero-order valence-corrected chi connectivity index (χ0v) is 8.90. The number of anilines is 1. The Morgan fingerprint density at radius 1 is 1.38 bits per heavy atom. The smallest absolute Gasteiger partial charge is 0.145 e. The lowest BCUT2D eigenvalue weighted by atomic mass is 10.3. The molecule has 0 saturated carbocycles. The van der Waals surface area contributed by atoms with Gasteiger partial charge in [-0.05, 0) is 19.1 Å². The van der Waals surface area contributed by atoms with E-state index in [9.17, 15) is 0 Å². The number of para-hydroxylation sites is 2. The highest BCUT2D eigenvalue weighted by molar-refractivity contribution is 5.59. The Hall–Kier alpha value is -2.46. The molecule has 0 amide bonds. The molecule has 0 spiro atoms. The van der Waals surface area contributed by atoms with E-state index in [1.807, 2.05) is 31.2 Å². The van der Waals surface area contributed by atoms with Crippen LogP contribution in [0.25, 0.3) is 0 Å². The lowest BCUT2D eigenvalue weighted by Crippen LogP contribution is -1.97. The van der Waals surface area contributed by atoms with Crippen LogP contribution in [0.15, 0.2) is 36.0 Å². The van der Waals surface area contributed by atoms with Crippen molar-refractivity contribution in [2.75, 3.05) is 11.9 Å². The minimum atomic E-state index is 0.0197. The third kappa shape index (κ3) is 3.04. The van der Waals surface area contributed by atoms with E-state index in [1.54, 1.807) is 12.1 Å². The highest BCUT2D eigenvalue weighted by Gasteiger charge is 2.00. The van der Waals surface area contributed by atoms with Gasteiger partial charge in [-0.2, -0.15) is 10.5 Å². The average molecular weight is 213 g/mol. The second-order valence-corrected chi connectivity index (χ2v) is 2.86. The van der Waals surface area contributed by atoms with Gasteiger partial charge in [0.05, 0.1) is 12.3 Å². The summed E-state index contributed by atoms with van der Waals surface area (Å²) in [6.07, 6.45) is 1.36. The van der Waals surface area contributed by atoms with Crippen LogP contribution in [0.5, 0.6) is 5.75 Å². The Labute approximate surface area is 94.4 Å². The summed E-state index contributed by atoms with van der Waals surface area (Å²) in [4.78, 5) is 0. The third-order valence-corrected chi connectivity index (χ3v) is 1.80. The van der Waals surface area contributed by atoms with Gasteiger partial charge in [0.25, 0.3) is 0 Å². The van der Waals surface area contributed by atoms with E-state index in [-0.39, 0.29) is 5.57 Å². The standard InChI is InChI=1S/C12H11N3O/c1-2-16-12-6-4-3-5-11(12)15-9-10(7-13)8-14/h3-6,9,15H,2H2,1H3. The molecule has 1 aromatic carbocycles. The second-order valence-electron chi connectivity index (χ2n) is 2.86. The van der Waals surface area contributed by atoms with Gasteiger partial charge in [-0.3, -0.25) is 0 Å². The number of allylic oxidation sites excluding steroid dienone is 1. The van der Waals surface area contributed by atoms with Crippen LogP contribution < -0.4 is 10.1 Å². The van der Waals surface area contributed by atoms with Gasteiger partial charge in [0.15, 0.2) is 0 Å². The van der Waals surface area contributed by atoms with Crippen LogP contribution in [0.1, 0.15) is 6.92 Å².